The normalized spacial score (nSPS) is 10.1. The van der Waals surface area contributed by atoms with Crippen LogP contribution in [0.5, 0.6) is 11.5 Å². The van der Waals surface area contributed by atoms with Gasteiger partial charge in [-0.1, -0.05) is 22.0 Å². The first-order chi connectivity index (χ1) is 10.1. The van der Waals surface area contributed by atoms with Crippen LogP contribution in [-0.4, -0.2) is 20.1 Å². The Kier molecular flexibility index (Phi) is 5.25. The van der Waals surface area contributed by atoms with Gasteiger partial charge in [-0.05, 0) is 46.3 Å². The van der Waals surface area contributed by atoms with Gasteiger partial charge in [-0.15, -0.1) is 0 Å². The van der Waals surface area contributed by atoms with Gasteiger partial charge in [-0.2, -0.15) is 0 Å². The van der Waals surface area contributed by atoms with Crippen LogP contribution >= 0.6 is 31.9 Å². The number of halogens is 2. The van der Waals surface area contributed by atoms with Crippen LogP contribution in [0.2, 0.25) is 0 Å². The summed E-state index contributed by atoms with van der Waals surface area (Å²) in [6.45, 7) is 0. The van der Waals surface area contributed by atoms with Crippen molar-refractivity contribution in [2.24, 2.45) is 0 Å². The van der Waals surface area contributed by atoms with Crippen molar-refractivity contribution in [3.8, 4) is 11.5 Å². The lowest BCUT2D eigenvalue weighted by Crippen LogP contribution is -2.14. The fourth-order valence-electron chi connectivity index (χ4n) is 1.85. The molecule has 2 rings (SSSR count). The first-order valence-electron chi connectivity index (χ1n) is 6.04. The first kappa shape index (κ1) is 15.9. The molecular formula is C15H13Br2NO3. The highest BCUT2D eigenvalue weighted by molar-refractivity contribution is 9.11. The third-order valence-electron chi connectivity index (χ3n) is 2.83. The zero-order chi connectivity index (χ0) is 15.4. The Hall–Kier alpha value is -1.53. The second-order valence-electron chi connectivity index (χ2n) is 4.12. The van der Waals surface area contributed by atoms with Crippen molar-refractivity contribution < 1.29 is 14.3 Å². The maximum absolute atomic E-state index is 12.5. The van der Waals surface area contributed by atoms with E-state index in [9.17, 15) is 4.79 Å². The second-order valence-corrected chi connectivity index (χ2v) is 5.89. The highest BCUT2D eigenvalue weighted by Crippen LogP contribution is 2.31. The Morgan fingerprint density at radius 2 is 1.67 bits per heavy atom. The van der Waals surface area contributed by atoms with Gasteiger partial charge in [0.05, 0.1) is 19.9 Å². The number of ether oxygens (including phenoxy) is 2. The van der Waals surface area contributed by atoms with E-state index in [0.717, 1.165) is 8.95 Å². The summed E-state index contributed by atoms with van der Waals surface area (Å²) in [6, 6.07) is 10.7. The minimum atomic E-state index is -0.299. The number of nitrogens with one attached hydrogen (secondary N) is 1. The maximum atomic E-state index is 12.5. The summed E-state index contributed by atoms with van der Waals surface area (Å²) in [4.78, 5) is 12.5. The maximum Gasteiger partial charge on any atom is 0.263 e. The van der Waals surface area contributed by atoms with Gasteiger partial charge in [-0.3, -0.25) is 4.79 Å². The molecular weight excluding hydrogens is 402 g/mol. The molecule has 0 fully saturated rings. The summed E-state index contributed by atoms with van der Waals surface area (Å²) in [7, 11) is 3.03. The Labute approximate surface area is 139 Å². The summed E-state index contributed by atoms with van der Waals surface area (Å²) < 4.78 is 12.2. The predicted octanol–water partition coefficient (Wildman–Crippen LogP) is 4.48. The summed E-state index contributed by atoms with van der Waals surface area (Å²) in [5, 5.41) is 2.84. The number of hydrogen-bond donors (Lipinski definition) is 1. The lowest BCUT2D eigenvalue weighted by Gasteiger charge is -2.13. The quantitative estimate of drug-likeness (QED) is 0.802. The van der Waals surface area contributed by atoms with E-state index in [1.165, 1.54) is 14.2 Å². The van der Waals surface area contributed by atoms with E-state index < -0.39 is 0 Å². The molecule has 1 amide bonds. The molecule has 0 aliphatic heterocycles. The largest absolute Gasteiger partial charge is 0.496 e. The molecule has 0 spiro atoms. The van der Waals surface area contributed by atoms with Crippen LogP contribution in [0.15, 0.2) is 45.3 Å². The van der Waals surface area contributed by atoms with Gasteiger partial charge in [0.15, 0.2) is 0 Å². The second kappa shape index (κ2) is 6.95. The molecule has 0 saturated carbocycles. The van der Waals surface area contributed by atoms with Gasteiger partial charge in [0.25, 0.3) is 5.91 Å². The Morgan fingerprint density at radius 1 is 1.05 bits per heavy atom. The molecule has 0 aliphatic carbocycles. The molecule has 0 aliphatic rings. The van der Waals surface area contributed by atoms with Gasteiger partial charge in [0.1, 0.15) is 17.1 Å². The molecule has 4 nitrogen and oxygen atoms in total. The average Bonchev–Trinajstić information content (AvgIpc) is 2.49. The molecule has 110 valence electrons. The summed E-state index contributed by atoms with van der Waals surface area (Å²) in [5.41, 5.74) is 1.02. The number of hydrogen-bond acceptors (Lipinski definition) is 3. The minimum absolute atomic E-state index is 0.299. The fraction of sp³-hybridized carbons (Fsp3) is 0.133. The van der Waals surface area contributed by atoms with Crippen molar-refractivity contribution in [1.82, 2.24) is 0 Å². The zero-order valence-corrected chi connectivity index (χ0v) is 14.6. The lowest BCUT2D eigenvalue weighted by atomic mass is 10.1. The van der Waals surface area contributed by atoms with Crippen LogP contribution in [0, 0.1) is 0 Å². The van der Waals surface area contributed by atoms with E-state index in [1.807, 2.05) is 12.1 Å². The number of amides is 1. The highest BCUT2D eigenvalue weighted by Gasteiger charge is 2.19. The molecule has 2 aromatic rings. The van der Waals surface area contributed by atoms with Crippen molar-refractivity contribution in [2.45, 2.75) is 0 Å². The van der Waals surface area contributed by atoms with E-state index in [0.29, 0.717) is 22.7 Å². The number of carbonyl (C=O) groups is 1. The van der Waals surface area contributed by atoms with E-state index in [2.05, 4.69) is 37.2 Å². The van der Waals surface area contributed by atoms with Crippen LogP contribution in [0.25, 0.3) is 0 Å². The Balaban J connectivity index is 2.36. The number of rotatable bonds is 4. The zero-order valence-electron chi connectivity index (χ0n) is 11.4. The number of benzene rings is 2. The van der Waals surface area contributed by atoms with Crippen LogP contribution in [0.4, 0.5) is 5.69 Å². The topological polar surface area (TPSA) is 47.6 Å². The van der Waals surface area contributed by atoms with Crippen molar-refractivity contribution in [3.05, 3.63) is 50.9 Å². The summed E-state index contributed by atoms with van der Waals surface area (Å²) in [6.07, 6.45) is 0. The van der Waals surface area contributed by atoms with E-state index in [1.54, 1.807) is 24.3 Å². The molecule has 0 atom stereocenters. The highest BCUT2D eigenvalue weighted by atomic mass is 79.9. The summed E-state index contributed by atoms with van der Waals surface area (Å²) >= 11 is 6.78. The predicted molar refractivity (Wildman–Crippen MR) is 89.3 cm³/mol. The van der Waals surface area contributed by atoms with Gasteiger partial charge in [0, 0.05) is 8.95 Å². The number of carbonyl (C=O) groups excluding carboxylic acids is 1. The molecule has 6 heteroatoms. The Morgan fingerprint density at radius 3 is 2.19 bits per heavy atom. The molecule has 0 heterocycles. The van der Waals surface area contributed by atoms with Gasteiger partial charge in [0.2, 0.25) is 0 Å². The van der Waals surface area contributed by atoms with Crippen molar-refractivity contribution >= 4 is 43.5 Å². The smallest absolute Gasteiger partial charge is 0.263 e. The van der Waals surface area contributed by atoms with Gasteiger partial charge >= 0.3 is 0 Å². The Bertz CT molecular complexity index is 652. The monoisotopic (exact) mass is 413 g/mol. The SMILES string of the molecule is COc1cccc(OC)c1C(=O)Nc1ccc(Br)cc1Br. The van der Waals surface area contributed by atoms with Crippen LogP contribution < -0.4 is 14.8 Å². The third kappa shape index (κ3) is 3.57. The average molecular weight is 415 g/mol. The molecule has 0 bridgehead atoms. The molecule has 0 saturated heterocycles. The van der Waals surface area contributed by atoms with Gasteiger partial charge < -0.3 is 14.8 Å². The molecule has 21 heavy (non-hydrogen) atoms. The minimum Gasteiger partial charge on any atom is -0.496 e. The lowest BCUT2D eigenvalue weighted by molar-refractivity contribution is 0.102. The number of anilines is 1. The van der Waals surface area contributed by atoms with Crippen LogP contribution in [-0.2, 0) is 0 Å². The third-order valence-corrected chi connectivity index (χ3v) is 3.98. The molecule has 1 N–H and O–H groups in total. The van der Waals surface area contributed by atoms with Crippen molar-refractivity contribution in [1.29, 1.82) is 0 Å². The molecule has 0 aromatic heterocycles. The van der Waals surface area contributed by atoms with E-state index in [4.69, 9.17) is 9.47 Å². The first-order valence-corrected chi connectivity index (χ1v) is 7.62. The molecule has 0 unspecified atom stereocenters. The van der Waals surface area contributed by atoms with Crippen molar-refractivity contribution in [3.63, 3.8) is 0 Å². The number of methoxy groups -OCH3 is 2. The fourth-order valence-corrected chi connectivity index (χ4v) is 3.00. The van der Waals surface area contributed by atoms with Crippen molar-refractivity contribution in [2.75, 3.05) is 19.5 Å². The summed E-state index contributed by atoms with van der Waals surface area (Å²) in [5.74, 6) is 0.618. The van der Waals surface area contributed by atoms with E-state index in [-0.39, 0.29) is 5.91 Å². The standard InChI is InChI=1S/C15H13Br2NO3/c1-20-12-4-3-5-13(21-2)14(12)15(19)18-11-7-6-9(16)8-10(11)17/h3-8H,1-2H3,(H,18,19). The van der Waals surface area contributed by atoms with E-state index >= 15 is 0 Å². The van der Waals surface area contributed by atoms with Gasteiger partial charge in [-0.25, -0.2) is 0 Å². The van der Waals surface area contributed by atoms with Crippen LogP contribution in [0.3, 0.4) is 0 Å². The van der Waals surface area contributed by atoms with Crippen LogP contribution in [0.1, 0.15) is 10.4 Å². The molecule has 2 aromatic carbocycles. The molecule has 0 radical (unpaired) electrons.